The maximum atomic E-state index is 5.70. The molecular weight excluding hydrogens is 140 g/mol. The molecule has 0 spiro atoms. The second-order valence-electron chi connectivity index (χ2n) is 3.25. The molecule has 0 N–H and O–H groups in total. The Labute approximate surface area is 67.4 Å². The minimum absolute atomic E-state index is 0. The lowest BCUT2D eigenvalue weighted by molar-refractivity contribution is -0.0151. The zero-order valence-electron chi connectivity index (χ0n) is 7.73. The Balaban J connectivity index is 0.000001000. The van der Waals surface area contributed by atoms with Gasteiger partial charge in [0.25, 0.3) is 0 Å². The standard InChI is InChI=1S/C8H16OSi/c1-2-5-8(10)6-3-4-7-9-8/h2H,1,3-7H2,10H3/p+1. The molecule has 1 fully saturated rings. The molecule has 10 heavy (non-hydrogen) atoms. The van der Waals surface area contributed by atoms with E-state index in [1.54, 1.807) is 0 Å². The fraction of sp³-hybridized carbons (Fsp3) is 0.750. The predicted octanol–water partition coefficient (Wildman–Crippen LogP) is 0.937. The average Bonchev–Trinajstić information content (AvgIpc) is 1.89. The van der Waals surface area contributed by atoms with Crippen molar-refractivity contribution in [2.45, 2.75) is 30.9 Å². The smallest absolute Gasteiger partial charge is 0.379 e. The van der Waals surface area contributed by atoms with Gasteiger partial charge in [0, 0.05) is 16.8 Å². The Hall–Kier alpha value is -0.0831. The van der Waals surface area contributed by atoms with Crippen molar-refractivity contribution in [3.05, 3.63) is 12.7 Å². The highest BCUT2D eigenvalue weighted by Crippen LogP contribution is 2.24. The summed E-state index contributed by atoms with van der Waals surface area (Å²) in [4.78, 5) is 0. The van der Waals surface area contributed by atoms with Gasteiger partial charge in [0.15, 0.2) is 0 Å². The normalized spacial score (nSPS) is 34.0. The fourth-order valence-electron chi connectivity index (χ4n) is 1.46. The van der Waals surface area contributed by atoms with Crippen LogP contribution < -0.4 is 0 Å². The highest BCUT2D eigenvalue weighted by molar-refractivity contribution is 6.14. The molecule has 58 valence electrons. The molecule has 1 aliphatic rings. The van der Waals surface area contributed by atoms with Gasteiger partial charge in [-0.2, -0.15) is 0 Å². The maximum Gasteiger partial charge on any atom is 1.00 e. The molecule has 1 heterocycles. The van der Waals surface area contributed by atoms with Crippen LogP contribution in [0, 0.1) is 0 Å². The van der Waals surface area contributed by atoms with Gasteiger partial charge in [0.2, 0.25) is 0 Å². The molecular formula is C8H17OSi+. The van der Waals surface area contributed by atoms with E-state index in [0.29, 0.717) is 0 Å². The number of hydrogen-bond donors (Lipinski definition) is 0. The molecule has 2 heteroatoms. The average molecular weight is 157 g/mol. The highest BCUT2D eigenvalue weighted by Gasteiger charge is 2.25. The topological polar surface area (TPSA) is 9.23 Å². The lowest BCUT2D eigenvalue weighted by atomic mass is 10.1. The quantitative estimate of drug-likeness (QED) is 0.428. The van der Waals surface area contributed by atoms with Crippen LogP contribution >= 0.6 is 0 Å². The number of hydrogen-bond acceptors (Lipinski definition) is 1. The zero-order chi connectivity index (χ0) is 7.45. The minimum Gasteiger partial charge on any atom is -0.379 e. The summed E-state index contributed by atoms with van der Waals surface area (Å²) in [7, 11) is 1.15. The Morgan fingerprint density at radius 2 is 2.50 bits per heavy atom. The van der Waals surface area contributed by atoms with Crippen LogP contribution in [0.25, 0.3) is 0 Å². The molecule has 0 amide bonds. The number of rotatable bonds is 2. The third-order valence-electron chi connectivity index (χ3n) is 2.13. The largest absolute Gasteiger partial charge is 1.00 e. The van der Waals surface area contributed by atoms with Crippen LogP contribution in [0.1, 0.15) is 27.1 Å². The summed E-state index contributed by atoms with van der Waals surface area (Å²) >= 11 is 0. The molecule has 1 saturated heterocycles. The molecule has 1 nitrogen and oxygen atoms in total. The van der Waals surface area contributed by atoms with Crippen LogP contribution in [0.4, 0.5) is 0 Å². The van der Waals surface area contributed by atoms with Gasteiger partial charge >= 0.3 is 1.43 Å². The molecule has 0 aromatic heterocycles. The molecule has 1 atom stereocenters. The summed E-state index contributed by atoms with van der Waals surface area (Å²) in [5.41, 5.74) is 0. The summed E-state index contributed by atoms with van der Waals surface area (Å²) in [6, 6.07) is 0. The van der Waals surface area contributed by atoms with Crippen molar-refractivity contribution in [3.63, 3.8) is 0 Å². The van der Waals surface area contributed by atoms with Gasteiger partial charge in [0.05, 0.1) is 5.22 Å². The third kappa shape index (κ3) is 1.96. The second-order valence-corrected chi connectivity index (χ2v) is 5.07. The van der Waals surface area contributed by atoms with Crippen LogP contribution in [0.2, 0.25) is 0 Å². The summed E-state index contributed by atoms with van der Waals surface area (Å²) < 4.78 is 5.70. The van der Waals surface area contributed by atoms with Crippen molar-refractivity contribution in [1.29, 1.82) is 0 Å². The van der Waals surface area contributed by atoms with Crippen LogP contribution in [0.5, 0.6) is 0 Å². The van der Waals surface area contributed by atoms with Gasteiger partial charge in [-0.25, -0.2) is 0 Å². The molecule has 0 radical (unpaired) electrons. The molecule has 1 rings (SSSR count). The van der Waals surface area contributed by atoms with E-state index >= 15 is 0 Å². The summed E-state index contributed by atoms with van der Waals surface area (Å²) in [5.74, 6) is 0. The van der Waals surface area contributed by atoms with Crippen molar-refractivity contribution in [2.24, 2.45) is 0 Å². The molecule has 0 bridgehead atoms. The van der Waals surface area contributed by atoms with Crippen LogP contribution in [0.3, 0.4) is 0 Å². The van der Waals surface area contributed by atoms with Gasteiger partial charge in [0.1, 0.15) is 0 Å². The van der Waals surface area contributed by atoms with Gasteiger partial charge in [-0.15, -0.1) is 6.58 Å². The molecule has 1 aliphatic heterocycles. The van der Waals surface area contributed by atoms with Crippen molar-refractivity contribution in [2.75, 3.05) is 6.61 Å². The van der Waals surface area contributed by atoms with E-state index in [9.17, 15) is 0 Å². The van der Waals surface area contributed by atoms with Gasteiger partial charge in [-0.05, 0) is 25.7 Å². The van der Waals surface area contributed by atoms with Crippen LogP contribution in [-0.2, 0) is 4.74 Å². The third-order valence-corrected chi connectivity index (χ3v) is 3.32. The SMILES string of the molecule is C=CCC1([SiH3])CCCCO1.[H+]. The molecule has 1 unspecified atom stereocenters. The molecule has 0 aromatic rings. The Kier molecular flexibility index (Phi) is 2.69. The first kappa shape index (κ1) is 8.02. The van der Waals surface area contributed by atoms with E-state index in [1.165, 1.54) is 19.3 Å². The fourth-order valence-corrected chi connectivity index (χ4v) is 2.30. The monoisotopic (exact) mass is 157 g/mol. The highest BCUT2D eigenvalue weighted by atomic mass is 28.1. The van der Waals surface area contributed by atoms with E-state index < -0.39 is 0 Å². The zero-order valence-corrected chi connectivity index (χ0v) is 8.73. The van der Waals surface area contributed by atoms with E-state index in [0.717, 1.165) is 23.3 Å². The van der Waals surface area contributed by atoms with E-state index in [4.69, 9.17) is 4.74 Å². The Morgan fingerprint density at radius 3 is 3.00 bits per heavy atom. The summed E-state index contributed by atoms with van der Waals surface area (Å²) in [6.45, 7) is 4.71. The molecule has 0 aliphatic carbocycles. The maximum absolute atomic E-state index is 5.70. The second kappa shape index (κ2) is 3.35. The lowest BCUT2D eigenvalue weighted by Crippen LogP contribution is -2.36. The van der Waals surface area contributed by atoms with Gasteiger partial charge < -0.3 is 4.74 Å². The van der Waals surface area contributed by atoms with E-state index in [2.05, 4.69) is 6.58 Å². The van der Waals surface area contributed by atoms with Crippen molar-refractivity contribution >= 4 is 10.2 Å². The summed E-state index contributed by atoms with van der Waals surface area (Å²) in [5, 5.41) is 0.250. The van der Waals surface area contributed by atoms with E-state index in [1.807, 2.05) is 6.08 Å². The van der Waals surface area contributed by atoms with Crippen molar-refractivity contribution < 1.29 is 6.16 Å². The van der Waals surface area contributed by atoms with Gasteiger partial charge in [-0.3, -0.25) is 0 Å². The summed E-state index contributed by atoms with van der Waals surface area (Å²) in [6.07, 6.45) is 6.89. The van der Waals surface area contributed by atoms with Crippen LogP contribution in [0.15, 0.2) is 12.7 Å². The first-order valence-corrected chi connectivity index (χ1v) is 5.02. The van der Waals surface area contributed by atoms with Crippen molar-refractivity contribution in [1.82, 2.24) is 0 Å². The van der Waals surface area contributed by atoms with Gasteiger partial charge in [-0.1, -0.05) is 6.08 Å². The number of ether oxygens (including phenoxy) is 1. The van der Waals surface area contributed by atoms with Crippen LogP contribution in [-0.4, -0.2) is 22.1 Å². The Bertz CT molecular complexity index is 121. The Morgan fingerprint density at radius 1 is 1.70 bits per heavy atom. The molecule has 0 aromatic carbocycles. The minimum atomic E-state index is 0. The first-order valence-electron chi connectivity index (χ1n) is 4.02. The first-order chi connectivity index (χ1) is 4.77. The van der Waals surface area contributed by atoms with E-state index in [-0.39, 0.29) is 6.65 Å². The lowest BCUT2D eigenvalue weighted by Gasteiger charge is -2.33. The van der Waals surface area contributed by atoms with Crippen molar-refractivity contribution in [3.8, 4) is 0 Å². The molecule has 0 saturated carbocycles. The predicted molar refractivity (Wildman–Crippen MR) is 48.4 cm³/mol.